The molecule has 0 radical (unpaired) electrons. The lowest BCUT2D eigenvalue weighted by Crippen LogP contribution is -2.26. The van der Waals surface area contributed by atoms with Gasteiger partial charge in [-0.3, -0.25) is 14.4 Å². The number of hydrogen-bond donors (Lipinski definition) is 3. The van der Waals surface area contributed by atoms with Crippen LogP contribution in [0.5, 0.6) is 17.2 Å². The van der Waals surface area contributed by atoms with Crippen LogP contribution in [-0.2, 0) is 43.0 Å². The number of carboxylic acid groups (broad SMARTS) is 3. The van der Waals surface area contributed by atoms with Crippen molar-refractivity contribution in [3.05, 3.63) is 109 Å². The Labute approximate surface area is 443 Å². The highest BCUT2D eigenvalue weighted by atomic mass is 16.7. The van der Waals surface area contributed by atoms with Gasteiger partial charge in [0.2, 0.25) is 0 Å². The molecule has 3 aromatic carbocycles. The summed E-state index contributed by atoms with van der Waals surface area (Å²) in [5, 5.41) is 27.3. The standard InChI is InChI=1S/C60H80O15/c1-45(58(64)65)48-28-34-51(35-29-48)70-41-22-16-10-4-7-13-19-25-54(61)73-44-40-57(74-55(62)26-20-14-8-5-11-17-23-42-71-52-36-30-49(31-37-52)46(2)59(66)67)75-56(63)27-21-15-9-6-12-18-24-43-72-53-38-32-50(33-39-53)47(3)60(68)69/h28-39,57H,1-27,40-44H2,(H,64,65)(H,66,67)(H,68,69). The van der Waals surface area contributed by atoms with E-state index in [9.17, 15) is 28.8 Å². The van der Waals surface area contributed by atoms with Gasteiger partial charge in [0.05, 0.1) is 49.6 Å². The molecule has 0 aliphatic rings. The smallest absolute Gasteiger partial charge is 0.335 e. The van der Waals surface area contributed by atoms with Crippen LogP contribution >= 0.6 is 0 Å². The van der Waals surface area contributed by atoms with Crippen LogP contribution in [-0.4, -0.2) is 83.9 Å². The molecule has 0 aromatic heterocycles. The van der Waals surface area contributed by atoms with Gasteiger partial charge in [-0.05, 0) is 91.6 Å². The minimum atomic E-state index is -1.15. The van der Waals surface area contributed by atoms with Crippen molar-refractivity contribution in [1.29, 1.82) is 0 Å². The van der Waals surface area contributed by atoms with Crippen LogP contribution in [0.4, 0.5) is 0 Å². The largest absolute Gasteiger partial charge is 0.494 e. The van der Waals surface area contributed by atoms with Crippen LogP contribution in [0.25, 0.3) is 16.7 Å². The lowest BCUT2D eigenvalue weighted by atomic mass is 10.1. The molecule has 0 aliphatic carbocycles. The second kappa shape index (κ2) is 37.8. The summed E-state index contributed by atoms with van der Waals surface area (Å²) in [4.78, 5) is 71.6. The molecule has 0 unspecified atom stereocenters. The summed E-state index contributed by atoms with van der Waals surface area (Å²) in [5.41, 5.74) is 1.74. The Hall–Kier alpha value is -6.90. The Kier molecular flexibility index (Phi) is 31.4. The van der Waals surface area contributed by atoms with Gasteiger partial charge in [-0.1, -0.05) is 152 Å². The molecule has 75 heavy (non-hydrogen) atoms. The molecule has 0 fully saturated rings. The highest BCUT2D eigenvalue weighted by Crippen LogP contribution is 2.22. The van der Waals surface area contributed by atoms with Gasteiger partial charge in [0.15, 0.2) is 0 Å². The van der Waals surface area contributed by atoms with Crippen molar-refractivity contribution in [2.75, 3.05) is 26.4 Å². The first-order valence-electron chi connectivity index (χ1n) is 26.7. The topological polar surface area (TPSA) is 218 Å². The number of unbranched alkanes of at least 4 members (excludes halogenated alkanes) is 18. The van der Waals surface area contributed by atoms with Gasteiger partial charge in [-0.2, -0.15) is 0 Å². The van der Waals surface area contributed by atoms with Gasteiger partial charge in [0.25, 0.3) is 6.29 Å². The minimum absolute atomic E-state index is 0.0361. The molecule has 3 N–H and O–H groups in total. The molecule has 3 aromatic rings. The predicted octanol–water partition coefficient (Wildman–Crippen LogP) is 13.2. The fourth-order valence-electron chi connectivity index (χ4n) is 7.86. The van der Waals surface area contributed by atoms with Crippen molar-refractivity contribution in [1.82, 2.24) is 0 Å². The van der Waals surface area contributed by atoms with Gasteiger partial charge in [0.1, 0.15) is 17.2 Å². The molecule has 0 saturated carbocycles. The average Bonchev–Trinajstić information content (AvgIpc) is 3.39. The number of esters is 3. The first-order valence-corrected chi connectivity index (χ1v) is 26.7. The first-order chi connectivity index (χ1) is 36.2. The summed E-state index contributed by atoms with van der Waals surface area (Å²) < 4.78 is 34.0. The molecule has 0 amide bonds. The van der Waals surface area contributed by atoms with Crippen molar-refractivity contribution in [2.45, 2.75) is 167 Å². The number of carboxylic acids is 3. The molecule has 0 heterocycles. The lowest BCUT2D eigenvalue weighted by Gasteiger charge is -2.18. The van der Waals surface area contributed by atoms with Crippen molar-refractivity contribution >= 4 is 52.5 Å². The third-order valence-electron chi connectivity index (χ3n) is 12.4. The van der Waals surface area contributed by atoms with E-state index in [2.05, 4.69) is 19.7 Å². The molecule has 0 atom stereocenters. The predicted molar refractivity (Wildman–Crippen MR) is 288 cm³/mol. The molecule has 0 aliphatic heterocycles. The summed E-state index contributed by atoms with van der Waals surface area (Å²) in [6.45, 7) is 12.3. The SMILES string of the molecule is C=C(C(=O)O)c1ccc(OCCCCCCCCCC(=O)OCCC(OC(=O)CCCCCCCCCOc2ccc(C(=C)C(=O)O)cc2)OC(=O)CCCCCCCCCOc2ccc(C(=C)C(=O)O)cc2)cc1. The summed E-state index contributed by atoms with van der Waals surface area (Å²) in [7, 11) is 0. The molecule has 15 nitrogen and oxygen atoms in total. The Morgan fingerprint density at radius 3 is 0.880 bits per heavy atom. The van der Waals surface area contributed by atoms with Crippen LogP contribution < -0.4 is 14.2 Å². The van der Waals surface area contributed by atoms with Gasteiger partial charge >= 0.3 is 35.8 Å². The zero-order valence-electron chi connectivity index (χ0n) is 43.9. The van der Waals surface area contributed by atoms with Gasteiger partial charge in [-0.15, -0.1) is 0 Å². The summed E-state index contributed by atoms with van der Waals surface area (Å²) in [6.07, 6.45) is 18.8. The highest BCUT2D eigenvalue weighted by Gasteiger charge is 2.20. The van der Waals surface area contributed by atoms with Crippen molar-refractivity contribution in [3.8, 4) is 17.2 Å². The molecular weight excluding hydrogens is 961 g/mol. The van der Waals surface area contributed by atoms with E-state index in [1.165, 1.54) is 0 Å². The molecule has 3 rings (SSSR count). The number of rotatable bonds is 44. The normalized spacial score (nSPS) is 10.8. The molecule has 15 heteroatoms. The monoisotopic (exact) mass is 1040 g/mol. The number of carbonyl (C=O) groups excluding carboxylic acids is 3. The second-order valence-corrected chi connectivity index (χ2v) is 18.6. The van der Waals surface area contributed by atoms with Crippen molar-refractivity contribution in [2.24, 2.45) is 0 Å². The fraction of sp³-hybridized carbons (Fsp3) is 0.500. The third kappa shape index (κ3) is 28.4. The maximum Gasteiger partial charge on any atom is 0.335 e. The van der Waals surface area contributed by atoms with Gasteiger partial charge < -0.3 is 43.7 Å². The van der Waals surface area contributed by atoms with E-state index in [0.29, 0.717) is 73.0 Å². The van der Waals surface area contributed by atoms with Crippen LogP contribution in [0, 0.1) is 0 Å². The fourth-order valence-corrected chi connectivity index (χ4v) is 7.86. The van der Waals surface area contributed by atoms with Gasteiger partial charge in [-0.25, -0.2) is 14.4 Å². The van der Waals surface area contributed by atoms with Crippen LogP contribution in [0.3, 0.4) is 0 Å². The Morgan fingerprint density at radius 1 is 0.347 bits per heavy atom. The minimum Gasteiger partial charge on any atom is -0.494 e. The summed E-state index contributed by atoms with van der Waals surface area (Å²) >= 11 is 0. The quantitative estimate of drug-likeness (QED) is 0.0208. The highest BCUT2D eigenvalue weighted by molar-refractivity contribution is 6.15. The van der Waals surface area contributed by atoms with Crippen LogP contribution in [0.15, 0.2) is 92.5 Å². The maximum absolute atomic E-state index is 12.9. The summed E-state index contributed by atoms with van der Waals surface area (Å²) in [5.74, 6) is -2.42. The molecule has 0 bridgehead atoms. The van der Waals surface area contributed by atoms with E-state index < -0.39 is 36.1 Å². The maximum atomic E-state index is 12.9. The molecule has 0 saturated heterocycles. The average molecular weight is 1040 g/mol. The number of carbonyl (C=O) groups is 6. The van der Waals surface area contributed by atoms with Crippen molar-refractivity contribution in [3.63, 3.8) is 0 Å². The van der Waals surface area contributed by atoms with E-state index >= 15 is 0 Å². The van der Waals surface area contributed by atoms with E-state index in [-0.39, 0.29) is 55.0 Å². The Balaban J connectivity index is 1.27. The number of benzene rings is 3. The zero-order valence-corrected chi connectivity index (χ0v) is 43.9. The van der Waals surface area contributed by atoms with E-state index in [1.54, 1.807) is 72.8 Å². The van der Waals surface area contributed by atoms with E-state index in [1.807, 2.05) is 0 Å². The third-order valence-corrected chi connectivity index (χ3v) is 12.4. The van der Waals surface area contributed by atoms with Crippen LogP contribution in [0.2, 0.25) is 0 Å². The Morgan fingerprint density at radius 2 is 0.600 bits per heavy atom. The molecule has 410 valence electrons. The zero-order chi connectivity index (χ0) is 54.5. The van der Waals surface area contributed by atoms with Gasteiger partial charge in [0, 0.05) is 19.3 Å². The van der Waals surface area contributed by atoms with Crippen LogP contribution in [0.1, 0.15) is 177 Å². The molecule has 0 spiro atoms. The summed E-state index contributed by atoms with van der Waals surface area (Å²) in [6, 6.07) is 20.5. The number of ether oxygens (including phenoxy) is 6. The number of hydrogen-bond acceptors (Lipinski definition) is 12. The number of aliphatic carboxylic acids is 3. The lowest BCUT2D eigenvalue weighted by molar-refractivity contribution is -0.191. The van der Waals surface area contributed by atoms with E-state index in [4.69, 9.17) is 43.7 Å². The molecular formula is C60H80O15. The first kappa shape index (κ1) is 62.4. The van der Waals surface area contributed by atoms with E-state index in [0.717, 1.165) is 116 Å². The van der Waals surface area contributed by atoms with Crippen molar-refractivity contribution < 1.29 is 72.5 Å². The second-order valence-electron chi connectivity index (χ2n) is 18.6. The Bertz CT molecular complexity index is 2110.